The highest BCUT2D eigenvalue weighted by Crippen LogP contribution is 2.42. The van der Waals surface area contributed by atoms with Crippen LogP contribution in [-0.2, 0) is 9.53 Å². The van der Waals surface area contributed by atoms with E-state index in [0.29, 0.717) is 5.11 Å². The standard InChI is InChI=1S/C29H29N5O2S/c1-19-9-11-21(12-10-19)33-16-6-8-25(33)28-27(24-7-4-5-15-30-24)32-29(37)34(28)22-13-14-23(20(2)17-22)31-26(35)18-36-3/h4-17,27-28H,18H2,1-3H3,(H,31,35)(H,32,37). The summed E-state index contributed by atoms with van der Waals surface area (Å²) in [6, 6.07) is 24.2. The van der Waals surface area contributed by atoms with Gasteiger partial charge in [0.15, 0.2) is 5.11 Å². The molecule has 4 aromatic rings. The number of carbonyl (C=O) groups is 1. The molecule has 1 aliphatic heterocycles. The molecule has 0 aliphatic carbocycles. The van der Waals surface area contributed by atoms with Crippen LogP contribution in [0.5, 0.6) is 0 Å². The quantitative estimate of drug-likeness (QED) is 0.330. The molecule has 1 aliphatic rings. The maximum atomic E-state index is 12.1. The van der Waals surface area contributed by atoms with Gasteiger partial charge in [-0.2, -0.15) is 0 Å². The van der Waals surface area contributed by atoms with Crippen molar-refractivity contribution in [1.82, 2.24) is 14.9 Å². The van der Waals surface area contributed by atoms with Crippen molar-refractivity contribution in [1.29, 1.82) is 0 Å². The van der Waals surface area contributed by atoms with Crippen LogP contribution in [-0.4, -0.2) is 34.3 Å². The highest BCUT2D eigenvalue weighted by atomic mass is 32.1. The summed E-state index contributed by atoms with van der Waals surface area (Å²) >= 11 is 5.90. The normalized spacial score (nSPS) is 17.1. The second-order valence-electron chi connectivity index (χ2n) is 9.12. The van der Waals surface area contributed by atoms with Crippen molar-refractivity contribution >= 4 is 34.6 Å². The van der Waals surface area contributed by atoms with Crippen molar-refractivity contribution in [3.8, 4) is 5.69 Å². The monoisotopic (exact) mass is 511 g/mol. The number of methoxy groups -OCH3 is 1. The molecular formula is C29H29N5O2S. The number of nitrogens with one attached hydrogen (secondary N) is 2. The molecule has 3 heterocycles. The molecule has 5 rings (SSSR count). The molecule has 2 atom stereocenters. The summed E-state index contributed by atoms with van der Waals surface area (Å²) in [5, 5.41) is 7.05. The Morgan fingerprint density at radius 1 is 1.05 bits per heavy atom. The lowest BCUT2D eigenvalue weighted by Gasteiger charge is -2.29. The van der Waals surface area contributed by atoms with Gasteiger partial charge in [0.05, 0.1) is 11.7 Å². The van der Waals surface area contributed by atoms with Crippen LogP contribution in [0.15, 0.2) is 85.2 Å². The molecule has 188 valence electrons. The van der Waals surface area contributed by atoms with E-state index in [1.165, 1.54) is 12.7 Å². The van der Waals surface area contributed by atoms with Crippen LogP contribution in [0.4, 0.5) is 11.4 Å². The zero-order valence-corrected chi connectivity index (χ0v) is 21.8. The average molecular weight is 512 g/mol. The van der Waals surface area contributed by atoms with E-state index in [1.54, 1.807) is 6.20 Å². The van der Waals surface area contributed by atoms with Crippen LogP contribution in [0.3, 0.4) is 0 Å². The minimum Gasteiger partial charge on any atom is -0.375 e. The molecule has 7 nitrogen and oxygen atoms in total. The number of rotatable bonds is 7. The Morgan fingerprint density at radius 3 is 2.54 bits per heavy atom. The molecule has 0 radical (unpaired) electrons. The van der Waals surface area contributed by atoms with Crippen molar-refractivity contribution < 1.29 is 9.53 Å². The third-order valence-corrected chi connectivity index (χ3v) is 6.85. The van der Waals surface area contributed by atoms with Crippen molar-refractivity contribution in [2.45, 2.75) is 25.9 Å². The Balaban J connectivity index is 1.58. The molecule has 2 aromatic carbocycles. The summed E-state index contributed by atoms with van der Waals surface area (Å²) in [5.41, 5.74) is 6.89. The van der Waals surface area contributed by atoms with Gasteiger partial charge in [0.25, 0.3) is 0 Å². The minimum absolute atomic E-state index is 0.00511. The number of nitrogens with zero attached hydrogens (tertiary/aromatic N) is 3. The van der Waals surface area contributed by atoms with Crippen molar-refractivity contribution in [2.24, 2.45) is 0 Å². The lowest BCUT2D eigenvalue weighted by atomic mass is 10.00. The molecule has 1 amide bonds. The van der Waals surface area contributed by atoms with Gasteiger partial charge in [-0.1, -0.05) is 23.8 Å². The van der Waals surface area contributed by atoms with Crippen molar-refractivity contribution in [3.63, 3.8) is 0 Å². The van der Waals surface area contributed by atoms with Crippen molar-refractivity contribution in [2.75, 3.05) is 23.9 Å². The molecule has 2 unspecified atom stereocenters. The van der Waals surface area contributed by atoms with Gasteiger partial charge in [-0.05, 0) is 86.2 Å². The van der Waals surface area contributed by atoms with E-state index in [1.807, 2.05) is 43.3 Å². The van der Waals surface area contributed by atoms with E-state index < -0.39 is 0 Å². The molecule has 1 saturated heterocycles. The lowest BCUT2D eigenvalue weighted by Crippen LogP contribution is -2.30. The molecule has 37 heavy (non-hydrogen) atoms. The number of aryl methyl sites for hydroxylation is 2. The van der Waals surface area contributed by atoms with E-state index in [4.69, 9.17) is 17.0 Å². The zero-order chi connectivity index (χ0) is 25.9. The Bertz CT molecular complexity index is 1420. The number of anilines is 2. The SMILES string of the molecule is COCC(=O)Nc1ccc(N2C(=S)NC(c3ccccn3)C2c2cccn2-c2ccc(C)cc2)cc1C. The number of carbonyl (C=O) groups excluding carboxylic acids is 1. The predicted octanol–water partition coefficient (Wildman–Crippen LogP) is 5.25. The molecule has 0 saturated carbocycles. The molecule has 1 fully saturated rings. The second kappa shape index (κ2) is 10.5. The van der Waals surface area contributed by atoms with Crippen LogP contribution >= 0.6 is 12.2 Å². The molecule has 0 bridgehead atoms. The number of amides is 1. The topological polar surface area (TPSA) is 71.4 Å². The smallest absolute Gasteiger partial charge is 0.250 e. The maximum Gasteiger partial charge on any atom is 0.250 e. The van der Waals surface area contributed by atoms with E-state index in [0.717, 1.165) is 34.0 Å². The Labute approximate surface area is 222 Å². The van der Waals surface area contributed by atoms with Crippen LogP contribution in [0, 0.1) is 13.8 Å². The molecular weight excluding hydrogens is 482 g/mol. The van der Waals surface area contributed by atoms with Gasteiger partial charge in [-0.3, -0.25) is 9.78 Å². The van der Waals surface area contributed by atoms with Crippen LogP contribution in [0.1, 0.15) is 34.6 Å². The summed E-state index contributed by atoms with van der Waals surface area (Å²) < 4.78 is 7.15. The van der Waals surface area contributed by atoms with Gasteiger partial charge in [-0.15, -0.1) is 0 Å². The highest BCUT2D eigenvalue weighted by Gasteiger charge is 2.42. The number of thiocarbonyl (C=S) groups is 1. The Kier molecular flexibility index (Phi) is 7.03. The fraction of sp³-hybridized carbons (Fsp3) is 0.207. The summed E-state index contributed by atoms with van der Waals surface area (Å²) in [6.07, 6.45) is 3.88. The van der Waals surface area contributed by atoms with Gasteiger partial charge in [0.1, 0.15) is 12.6 Å². The lowest BCUT2D eigenvalue weighted by molar-refractivity contribution is -0.119. The summed E-state index contributed by atoms with van der Waals surface area (Å²) in [7, 11) is 1.50. The van der Waals surface area contributed by atoms with Crippen LogP contribution < -0.4 is 15.5 Å². The zero-order valence-electron chi connectivity index (χ0n) is 21.0. The maximum absolute atomic E-state index is 12.1. The van der Waals surface area contributed by atoms with Crippen LogP contribution in [0.25, 0.3) is 5.69 Å². The van der Waals surface area contributed by atoms with E-state index >= 15 is 0 Å². The van der Waals surface area contributed by atoms with Gasteiger partial charge < -0.3 is 24.8 Å². The van der Waals surface area contributed by atoms with Gasteiger partial charge >= 0.3 is 0 Å². The largest absolute Gasteiger partial charge is 0.375 e. The van der Waals surface area contributed by atoms with E-state index in [2.05, 4.69) is 74.6 Å². The first-order chi connectivity index (χ1) is 18.0. The third kappa shape index (κ3) is 4.98. The first kappa shape index (κ1) is 24.7. The first-order valence-electron chi connectivity index (χ1n) is 12.1. The van der Waals surface area contributed by atoms with Crippen molar-refractivity contribution in [3.05, 3.63) is 108 Å². The number of hydrogen-bond acceptors (Lipinski definition) is 4. The molecule has 2 N–H and O–H groups in total. The van der Waals surface area contributed by atoms with Gasteiger partial charge in [0, 0.05) is 42.3 Å². The van der Waals surface area contributed by atoms with Crippen LogP contribution in [0.2, 0.25) is 0 Å². The third-order valence-electron chi connectivity index (χ3n) is 6.53. The molecule has 0 spiro atoms. The fourth-order valence-corrected chi connectivity index (χ4v) is 5.11. The number of benzene rings is 2. The fourth-order valence-electron chi connectivity index (χ4n) is 4.76. The van der Waals surface area contributed by atoms with Gasteiger partial charge in [0.2, 0.25) is 5.91 Å². The number of ether oxygens (including phenoxy) is 1. The second-order valence-corrected chi connectivity index (χ2v) is 9.50. The highest BCUT2D eigenvalue weighted by molar-refractivity contribution is 7.80. The minimum atomic E-state index is -0.194. The first-order valence-corrected chi connectivity index (χ1v) is 12.5. The summed E-state index contributed by atoms with van der Waals surface area (Å²) in [6.45, 7) is 4.06. The van der Waals surface area contributed by atoms with Gasteiger partial charge in [-0.25, -0.2) is 0 Å². The summed E-state index contributed by atoms with van der Waals surface area (Å²) in [5.74, 6) is -0.194. The Hall–Kier alpha value is -4.01. The number of hydrogen-bond donors (Lipinski definition) is 2. The van der Waals surface area contributed by atoms with E-state index in [9.17, 15) is 4.79 Å². The predicted molar refractivity (Wildman–Crippen MR) is 150 cm³/mol. The van der Waals surface area contributed by atoms with E-state index in [-0.39, 0.29) is 24.6 Å². The Morgan fingerprint density at radius 2 is 1.84 bits per heavy atom. The molecule has 8 heteroatoms. The molecule has 2 aromatic heterocycles. The number of aromatic nitrogens is 2. The average Bonchev–Trinajstić information content (AvgIpc) is 3.51. The summed E-state index contributed by atoms with van der Waals surface area (Å²) in [4.78, 5) is 18.9. The number of pyridine rings is 1.